The smallest absolute Gasteiger partial charge is 0.408 e. The first-order chi connectivity index (χ1) is 15.6. The van der Waals surface area contributed by atoms with Crippen LogP contribution < -0.4 is 5.32 Å². The second-order valence-electron chi connectivity index (χ2n) is 7.83. The maximum Gasteiger partial charge on any atom is 0.408 e. The van der Waals surface area contributed by atoms with E-state index in [1.54, 1.807) is 0 Å². The first-order valence-electron chi connectivity index (χ1n) is 11.1. The van der Waals surface area contributed by atoms with E-state index in [0.717, 1.165) is 43.5 Å². The van der Waals surface area contributed by atoms with E-state index in [1.165, 1.54) is 0 Å². The normalized spacial score (nSPS) is 14.3. The third-order valence-corrected chi connectivity index (χ3v) is 5.37. The van der Waals surface area contributed by atoms with Crippen molar-refractivity contribution < 1.29 is 23.9 Å². The predicted molar refractivity (Wildman–Crippen MR) is 119 cm³/mol. The molecule has 1 aliphatic rings. The number of ether oxygens (including phenoxy) is 2. The highest BCUT2D eigenvalue weighted by Gasteiger charge is 2.26. The Morgan fingerprint density at radius 1 is 0.812 bits per heavy atom. The fourth-order valence-corrected chi connectivity index (χ4v) is 3.55. The van der Waals surface area contributed by atoms with Crippen LogP contribution in [-0.4, -0.2) is 42.0 Å². The zero-order valence-electron chi connectivity index (χ0n) is 18.2. The van der Waals surface area contributed by atoms with Crippen molar-refractivity contribution in [1.29, 1.82) is 0 Å². The van der Waals surface area contributed by atoms with Gasteiger partial charge in [0.1, 0.15) is 19.3 Å². The number of hydrogen-bond donors (Lipinski definition) is 1. The van der Waals surface area contributed by atoms with Crippen molar-refractivity contribution in [1.82, 2.24) is 10.2 Å². The van der Waals surface area contributed by atoms with Crippen LogP contribution in [0.15, 0.2) is 60.7 Å². The number of hydrogen-bond acceptors (Lipinski definition) is 5. The maximum atomic E-state index is 12.7. The monoisotopic (exact) mass is 438 g/mol. The molecule has 0 saturated carbocycles. The summed E-state index contributed by atoms with van der Waals surface area (Å²) in [5, 5.41) is 2.58. The lowest BCUT2D eigenvalue weighted by molar-refractivity contribution is -0.147. The highest BCUT2D eigenvalue weighted by atomic mass is 16.6. The summed E-state index contributed by atoms with van der Waals surface area (Å²) in [6, 6.07) is 17.6. The van der Waals surface area contributed by atoms with Crippen molar-refractivity contribution in [3.8, 4) is 0 Å². The van der Waals surface area contributed by atoms with Crippen LogP contribution in [0.4, 0.5) is 4.79 Å². The van der Waals surface area contributed by atoms with Crippen LogP contribution >= 0.6 is 0 Å². The molecule has 7 nitrogen and oxygen atoms in total. The average Bonchev–Trinajstić information content (AvgIpc) is 2.85. The molecule has 0 aliphatic carbocycles. The average molecular weight is 439 g/mol. The summed E-state index contributed by atoms with van der Waals surface area (Å²) in [5.74, 6) is -0.595. The largest absolute Gasteiger partial charge is 0.459 e. The first-order valence-corrected chi connectivity index (χ1v) is 11.1. The Labute approximate surface area is 188 Å². The van der Waals surface area contributed by atoms with Crippen LogP contribution in [0.25, 0.3) is 0 Å². The van der Waals surface area contributed by atoms with Crippen LogP contribution in [0.5, 0.6) is 0 Å². The molecule has 3 rings (SSSR count). The Morgan fingerprint density at radius 2 is 1.38 bits per heavy atom. The molecular formula is C25H30N2O5. The third kappa shape index (κ3) is 7.72. The molecule has 32 heavy (non-hydrogen) atoms. The number of carbonyl (C=O) groups is 3. The molecule has 170 valence electrons. The maximum absolute atomic E-state index is 12.7. The molecule has 1 aliphatic heterocycles. The highest BCUT2D eigenvalue weighted by molar-refractivity contribution is 5.83. The van der Waals surface area contributed by atoms with Crippen molar-refractivity contribution in [3.63, 3.8) is 0 Å². The number of piperidine rings is 1. The Balaban J connectivity index is 1.55. The second kappa shape index (κ2) is 12.5. The van der Waals surface area contributed by atoms with Crippen LogP contribution in [0, 0.1) is 0 Å². The quantitative estimate of drug-likeness (QED) is 0.602. The second-order valence-corrected chi connectivity index (χ2v) is 7.83. The third-order valence-electron chi connectivity index (χ3n) is 5.37. The van der Waals surface area contributed by atoms with E-state index in [-0.39, 0.29) is 32.0 Å². The minimum Gasteiger partial charge on any atom is -0.459 e. The Kier molecular flexibility index (Phi) is 9.10. The van der Waals surface area contributed by atoms with Gasteiger partial charge in [-0.25, -0.2) is 9.59 Å². The van der Waals surface area contributed by atoms with Gasteiger partial charge in [0.2, 0.25) is 5.91 Å². The van der Waals surface area contributed by atoms with Crippen LogP contribution in [0.2, 0.25) is 0 Å². The minimum absolute atomic E-state index is 0.00925. The van der Waals surface area contributed by atoms with Crippen LogP contribution in [0.1, 0.15) is 43.2 Å². The van der Waals surface area contributed by atoms with Gasteiger partial charge in [-0.1, -0.05) is 60.7 Å². The molecule has 0 radical (unpaired) electrons. The number of benzene rings is 2. The van der Waals surface area contributed by atoms with Crippen molar-refractivity contribution in [2.45, 2.75) is 51.4 Å². The molecule has 0 bridgehead atoms. The van der Waals surface area contributed by atoms with E-state index in [1.807, 2.05) is 65.6 Å². The predicted octanol–water partition coefficient (Wildman–Crippen LogP) is 3.82. The molecule has 1 N–H and O–H groups in total. The van der Waals surface area contributed by atoms with Gasteiger partial charge < -0.3 is 19.7 Å². The van der Waals surface area contributed by atoms with E-state index in [2.05, 4.69) is 5.32 Å². The molecule has 1 atom stereocenters. The van der Waals surface area contributed by atoms with E-state index < -0.39 is 18.1 Å². The number of alkyl carbamates (subject to hydrolysis) is 1. The van der Waals surface area contributed by atoms with Gasteiger partial charge in [0.05, 0.1) is 0 Å². The summed E-state index contributed by atoms with van der Waals surface area (Å²) in [6.07, 6.45) is 2.72. The van der Waals surface area contributed by atoms with Crippen LogP contribution in [0.3, 0.4) is 0 Å². The summed E-state index contributed by atoms with van der Waals surface area (Å²) < 4.78 is 10.6. The van der Waals surface area contributed by atoms with E-state index >= 15 is 0 Å². The van der Waals surface area contributed by atoms with Crippen molar-refractivity contribution >= 4 is 18.0 Å². The standard InChI is InChI=1S/C25H30N2O5/c28-23(27-16-8-3-9-17-27)15-14-22(24(29)31-18-20-10-4-1-5-11-20)26-25(30)32-19-21-12-6-2-7-13-21/h1-2,4-7,10-13,22H,3,8-9,14-19H2,(H,26,30). The zero-order chi connectivity index (χ0) is 22.6. The van der Waals surface area contributed by atoms with Gasteiger partial charge in [-0.3, -0.25) is 4.79 Å². The molecule has 0 aromatic heterocycles. The summed E-state index contributed by atoms with van der Waals surface area (Å²) in [5.41, 5.74) is 1.68. The number of likely N-dealkylation sites (tertiary alicyclic amines) is 1. The molecule has 1 unspecified atom stereocenters. The molecule has 1 fully saturated rings. The Hall–Kier alpha value is -3.35. The number of nitrogens with zero attached hydrogens (tertiary/aromatic N) is 1. The molecule has 2 aromatic rings. The van der Waals surface area contributed by atoms with E-state index in [4.69, 9.17) is 9.47 Å². The van der Waals surface area contributed by atoms with Gasteiger partial charge in [-0.05, 0) is 36.8 Å². The summed E-state index contributed by atoms with van der Waals surface area (Å²) in [7, 11) is 0. The number of rotatable bonds is 9. The van der Waals surface area contributed by atoms with Gasteiger partial charge in [0.25, 0.3) is 0 Å². The molecule has 2 amide bonds. The topological polar surface area (TPSA) is 84.9 Å². The molecular weight excluding hydrogens is 408 g/mol. The molecule has 7 heteroatoms. The zero-order valence-corrected chi connectivity index (χ0v) is 18.2. The molecule has 1 heterocycles. The number of esters is 1. The fourth-order valence-electron chi connectivity index (χ4n) is 3.55. The highest BCUT2D eigenvalue weighted by Crippen LogP contribution is 2.13. The minimum atomic E-state index is -0.962. The lowest BCUT2D eigenvalue weighted by Gasteiger charge is -2.27. The van der Waals surface area contributed by atoms with Gasteiger partial charge >= 0.3 is 12.1 Å². The van der Waals surface area contributed by atoms with E-state index in [0.29, 0.717) is 0 Å². The summed E-state index contributed by atoms with van der Waals surface area (Å²) >= 11 is 0. The van der Waals surface area contributed by atoms with Gasteiger partial charge in [0, 0.05) is 19.5 Å². The Morgan fingerprint density at radius 3 is 1.97 bits per heavy atom. The first kappa shape index (κ1) is 23.3. The van der Waals surface area contributed by atoms with E-state index in [9.17, 15) is 14.4 Å². The lowest BCUT2D eigenvalue weighted by Crippen LogP contribution is -2.43. The van der Waals surface area contributed by atoms with Gasteiger partial charge in [0.15, 0.2) is 0 Å². The van der Waals surface area contributed by atoms with Gasteiger partial charge in [-0.15, -0.1) is 0 Å². The summed E-state index contributed by atoms with van der Waals surface area (Å²) in [4.78, 5) is 39.4. The Bertz CT molecular complexity index is 866. The molecule has 0 spiro atoms. The van der Waals surface area contributed by atoms with Crippen molar-refractivity contribution in [2.24, 2.45) is 0 Å². The molecule has 1 saturated heterocycles. The number of nitrogens with one attached hydrogen (secondary N) is 1. The van der Waals surface area contributed by atoms with Crippen LogP contribution in [-0.2, 0) is 32.3 Å². The molecule has 2 aromatic carbocycles. The summed E-state index contributed by atoms with van der Waals surface area (Å²) in [6.45, 7) is 1.67. The SMILES string of the molecule is O=C(NC(CCC(=O)N1CCCCC1)C(=O)OCc1ccccc1)OCc1ccccc1. The van der Waals surface area contributed by atoms with Gasteiger partial charge in [-0.2, -0.15) is 0 Å². The fraction of sp³-hybridized carbons (Fsp3) is 0.400. The lowest BCUT2D eigenvalue weighted by atomic mass is 10.1. The van der Waals surface area contributed by atoms with Crippen molar-refractivity contribution in [2.75, 3.05) is 13.1 Å². The number of carbonyl (C=O) groups excluding carboxylic acids is 3. The van der Waals surface area contributed by atoms with Crippen molar-refractivity contribution in [3.05, 3.63) is 71.8 Å². The number of amides is 2.